The quantitative estimate of drug-likeness (QED) is 0.441. The Labute approximate surface area is 190 Å². The van der Waals surface area contributed by atoms with Crippen LogP contribution in [0.15, 0.2) is 52.2 Å². The molecule has 0 saturated carbocycles. The molecule has 0 atom stereocenters. The summed E-state index contributed by atoms with van der Waals surface area (Å²) in [6.07, 6.45) is 2.42. The standard InChI is InChI=1S/C25H27N3O3S/c1-5-19-11-20-24(32-19)27-23(17-8-6-16(4)7-9-17)28(25(20)30)13-18-10-21(29)22(12-26-18)31-14-15(2)3/h6-12,15H,5,13-14H2,1-4H3,(H,26,29). The van der Waals surface area contributed by atoms with Gasteiger partial charge in [-0.25, -0.2) is 4.98 Å². The van der Waals surface area contributed by atoms with Gasteiger partial charge in [-0.3, -0.25) is 14.2 Å². The van der Waals surface area contributed by atoms with Crippen LogP contribution in [-0.2, 0) is 13.0 Å². The Balaban J connectivity index is 1.80. The van der Waals surface area contributed by atoms with Crippen LogP contribution in [0.2, 0.25) is 0 Å². The van der Waals surface area contributed by atoms with Gasteiger partial charge in [0.15, 0.2) is 5.75 Å². The first-order chi connectivity index (χ1) is 15.4. The summed E-state index contributed by atoms with van der Waals surface area (Å²) in [5, 5.41) is 0.613. The number of aryl methyl sites for hydroxylation is 2. The van der Waals surface area contributed by atoms with Crippen LogP contribution in [0, 0.1) is 12.8 Å². The first-order valence-electron chi connectivity index (χ1n) is 10.8. The number of aromatic amines is 1. The van der Waals surface area contributed by atoms with E-state index in [0.717, 1.165) is 27.3 Å². The molecular weight excluding hydrogens is 422 g/mol. The Kier molecular flexibility index (Phi) is 6.28. The maximum atomic E-state index is 13.5. The lowest BCUT2D eigenvalue weighted by molar-refractivity contribution is 0.267. The zero-order chi connectivity index (χ0) is 22.8. The van der Waals surface area contributed by atoms with Crippen LogP contribution in [0.3, 0.4) is 0 Å². The summed E-state index contributed by atoms with van der Waals surface area (Å²) >= 11 is 1.55. The lowest BCUT2D eigenvalue weighted by Crippen LogP contribution is -2.24. The van der Waals surface area contributed by atoms with Crippen molar-refractivity contribution in [1.82, 2.24) is 14.5 Å². The Bertz CT molecular complexity index is 1360. The second-order valence-electron chi connectivity index (χ2n) is 8.37. The number of ether oxygens (including phenoxy) is 1. The number of pyridine rings is 1. The minimum absolute atomic E-state index is 0.109. The smallest absolute Gasteiger partial charge is 0.262 e. The van der Waals surface area contributed by atoms with Gasteiger partial charge in [0, 0.05) is 28.4 Å². The number of nitrogens with one attached hydrogen (secondary N) is 1. The van der Waals surface area contributed by atoms with Gasteiger partial charge in [0.25, 0.3) is 5.56 Å². The molecule has 0 spiro atoms. The molecule has 4 rings (SSSR count). The van der Waals surface area contributed by atoms with Crippen molar-refractivity contribution in [2.75, 3.05) is 6.61 Å². The average Bonchev–Trinajstić information content (AvgIpc) is 3.19. The molecule has 1 aromatic carbocycles. The predicted octanol–water partition coefficient (Wildman–Crippen LogP) is 4.77. The summed E-state index contributed by atoms with van der Waals surface area (Å²) in [5.41, 5.74) is 2.30. The van der Waals surface area contributed by atoms with Crippen molar-refractivity contribution in [2.24, 2.45) is 5.92 Å². The zero-order valence-electron chi connectivity index (χ0n) is 18.8. The van der Waals surface area contributed by atoms with Crippen molar-refractivity contribution in [3.8, 4) is 17.1 Å². The Morgan fingerprint density at radius 3 is 2.56 bits per heavy atom. The highest BCUT2D eigenvalue weighted by atomic mass is 32.1. The van der Waals surface area contributed by atoms with E-state index in [2.05, 4.69) is 11.9 Å². The maximum Gasteiger partial charge on any atom is 0.262 e. The highest BCUT2D eigenvalue weighted by Crippen LogP contribution is 2.26. The number of thiophene rings is 1. The van der Waals surface area contributed by atoms with Crippen LogP contribution in [0.4, 0.5) is 0 Å². The Hall–Kier alpha value is -3.19. The van der Waals surface area contributed by atoms with Gasteiger partial charge in [-0.05, 0) is 25.3 Å². The van der Waals surface area contributed by atoms with Gasteiger partial charge in [0.2, 0.25) is 5.43 Å². The number of hydrogen-bond acceptors (Lipinski definition) is 5. The highest BCUT2D eigenvalue weighted by Gasteiger charge is 2.16. The molecule has 166 valence electrons. The first kappa shape index (κ1) is 22.0. The fraction of sp³-hybridized carbons (Fsp3) is 0.320. The van der Waals surface area contributed by atoms with Crippen LogP contribution >= 0.6 is 11.3 Å². The lowest BCUT2D eigenvalue weighted by Gasteiger charge is -2.14. The van der Waals surface area contributed by atoms with Crippen molar-refractivity contribution in [2.45, 2.75) is 40.7 Å². The van der Waals surface area contributed by atoms with E-state index in [1.807, 2.05) is 51.1 Å². The maximum absolute atomic E-state index is 13.5. The third kappa shape index (κ3) is 4.53. The fourth-order valence-corrected chi connectivity index (χ4v) is 4.40. The van der Waals surface area contributed by atoms with Crippen molar-refractivity contribution >= 4 is 21.6 Å². The normalized spacial score (nSPS) is 11.4. The number of H-pyrrole nitrogens is 1. The summed E-state index contributed by atoms with van der Waals surface area (Å²) in [6, 6.07) is 11.4. The molecule has 6 nitrogen and oxygen atoms in total. The van der Waals surface area contributed by atoms with Gasteiger partial charge in [0.1, 0.15) is 10.7 Å². The molecule has 4 aromatic rings. The largest absolute Gasteiger partial charge is 0.488 e. The third-order valence-electron chi connectivity index (χ3n) is 5.20. The number of benzene rings is 1. The van der Waals surface area contributed by atoms with Crippen molar-refractivity contribution in [3.63, 3.8) is 0 Å². The van der Waals surface area contributed by atoms with Crippen LogP contribution in [0.1, 0.15) is 36.9 Å². The second-order valence-corrected chi connectivity index (χ2v) is 9.48. The van der Waals surface area contributed by atoms with Crippen molar-refractivity contribution in [3.05, 3.63) is 79.3 Å². The van der Waals surface area contributed by atoms with Gasteiger partial charge in [-0.1, -0.05) is 50.6 Å². The lowest BCUT2D eigenvalue weighted by atomic mass is 10.1. The Morgan fingerprint density at radius 1 is 1.16 bits per heavy atom. The monoisotopic (exact) mass is 449 g/mol. The topological polar surface area (TPSA) is 77.0 Å². The molecule has 3 heterocycles. The first-order valence-corrected chi connectivity index (χ1v) is 11.6. The van der Waals surface area contributed by atoms with E-state index < -0.39 is 0 Å². The minimum atomic E-state index is -0.206. The summed E-state index contributed by atoms with van der Waals surface area (Å²) in [5.74, 6) is 1.20. The van der Waals surface area contributed by atoms with Gasteiger partial charge in [-0.15, -0.1) is 11.3 Å². The minimum Gasteiger partial charge on any atom is -0.488 e. The Morgan fingerprint density at radius 2 is 1.91 bits per heavy atom. The molecule has 1 N–H and O–H groups in total. The van der Waals surface area contributed by atoms with E-state index in [9.17, 15) is 9.59 Å². The van der Waals surface area contributed by atoms with E-state index in [4.69, 9.17) is 9.72 Å². The number of fused-ring (bicyclic) bond motifs is 1. The van der Waals surface area contributed by atoms with Crippen molar-refractivity contribution in [1.29, 1.82) is 0 Å². The van der Waals surface area contributed by atoms with Crippen LogP contribution < -0.4 is 15.7 Å². The molecule has 7 heteroatoms. The van der Waals surface area contributed by atoms with Gasteiger partial charge >= 0.3 is 0 Å². The molecule has 3 aromatic heterocycles. The summed E-state index contributed by atoms with van der Waals surface area (Å²) < 4.78 is 7.22. The molecule has 0 unspecified atom stereocenters. The zero-order valence-corrected chi connectivity index (χ0v) is 19.6. The molecule has 32 heavy (non-hydrogen) atoms. The van der Waals surface area contributed by atoms with Crippen molar-refractivity contribution < 1.29 is 4.74 Å². The molecule has 0 radical (unpaired) electrons. The van der Waals surface area contributed by atoms with Gasteiger partial charge in [-0.2, -0.15) is 0 Å². The molecular formula is C25H27N3O3S. The van der Waals surface area contributed by atoms with E-state index in [-0.39, 0.29) is 23.3 Å². The number of hydrogen-bond donors (Lipinski definition) is 1. The third-order valence-corrected chi connectivity index (χ3v) is 6.37. The second kappa shape index (κ2) is 9.12. The fourth-order valence-electron chi connectivity index (χ4n) is 3.44. The van der Waals surface area contributed by atoms with E-state index in [1.54, 1.807) is 22.1 Å². The van der Waals surface area contributed by atoms with Crippen LogP contribution in [0.5, 0.6) is 5.75 Å². The molecule has 0 saturated heterocycles. The van der Waals surface area contributed by atoms with Crippen LogP contribution in [-0.4, -0.2) is 21.1 Å². The van der Waals surface area contributed by atoms with E-state index in [0.29, 0.717) is 29.4 Å². The molecule has 0 bridgehead atoms. The predicted molar refractivity (Wildman–Crippen MR) is 130 cm³/mol. The highest BCUT2D eigenvalue weighted by molar-refractivity contribution is 7.18. The number of aromatic nitrogens is 3. The van der Waals surface area contributed by atoms with Crippen LogP contribution in [0.25, 0.3) is 21.6 Å². The number of rotatable bonds is 7. The SMILES string of the molecule is CCc1cc2c(=O)n(Cc3cc(=O)c(OCC(C)C)c[nH]3)c(-c3ccc(C)cc3)nc2s1. The summed E-state index contributed by atoms with van der Waals surface area (Å²) in [7, 11) is 0. The molecule has 0 amide bonds. The number of nitrogens with zero attached hydrogens (tertiary/aromatic N) is 2. The molecule has 0 aliphatic rings. The average molecular weight is 450 g/mol. The summed E-state index contributed by atoms with van der Waals surface area (Å²) in [4.78, 5) is 35.8. The van der Waals surface area contributed by atoms with Gasteiger partial charge < -0.3 is 9.72 Å². The van der Waals surface area contributed by atoms with E-state index >= 15 is 0 Å². The van der Waals surface area contributed by atoms with Gasteiger partial charge in [0.05, 0.1) is 18.5 Å². The molecule has 0 fully saturated rings. The molecule has 0 aliphatic carbocycles. The summed E-state index contributed by atoms with van der Waals surface area (Å²) in [6.45, 7) is 8.82. The molecule has 0 aliphatic heterocycles. The van der Waals surface area contributed by atoms with E-state index in [1.165, 1.54) is 6.07 Å².